The molecular weight excluding hydrogens is 359 g/mol. The van der Waals surface area contributed by atoms with Gasteiger partial charge in [0.15, 0.2) is 11.6 Å². The molecule has 5 nitrogen and oxygen atoms in total. The quantitative estimate of drug-likeness (QED) is 0.471. The highest BCUT2D eigenvalue weighted by atomic mass is 19.1. The van der Waals surface area contributed by atoms with Crippen LogP contribution in [0.4, 0.5) is 4.39 Å². The van der Waals surface area contributed by atoms with Gasteiger partial charge < -0.3 is 14.8 Å². The molecule has 0 spiro atoms. The molecule has 6 heteroatoms. The van der Waals surface area contributed by atoms with E-state index in [1.54, 1.807) is 24.4 Å². The minimum atomic E-state index is -0.525. The number of hydrogen-bond acceptors (Lipinski definition) is 4. The number of amides is 1. The van der Waals surface area contributed by atoms with Gasteiger partial charge in [0.25, 0.3) is 0 Å². The molecule has 0 saturated heterocycles. The molecule has 142 valence electrons. The summed E-state index contributed by atoms with van der Waals surface area (Å²) in [6, 6.07) is 17.2. The summed E-state index contributed by atoms with van der Waals surface area (Å²) in [5, 5.41) is 2.71. The topological polar surface area (TPSA) is 60.5 Å². The third kappa shape index (κ3) is 5.95. The number of carbonyl (C=O) groups excluding carboxylic acids is 1. The highest BCUT2D eigenvalue weighted by Gasteiger charge is 2.05. The van der Waals surface area contributed by atoms with E-state index in [1.165, 1.54) is 30.5 Å². The third-order valence-electron chi connectivity index (χ3n) is 3.66. The molecule has 3 rings (SSSR count). The Morgan fingerprint density at radius 3 is 2.64 bits per heavy atom. The molecule has 0 aliphatic rings. The molecular formula is C22H19FN2O3. The molecule has 28 heavy (non-hydrogen) atoms. The van der Waals surface area contributed by atoms with Gasteiger partial charge >= 0.3 is 0 Å². The van der Waals surface area contributed by atoms with Crippen LogP contribution in [0.5, 0.6) is 17.2 Å². The summed E-state index contributed by atoms with van der Waals surface area (Å²) in [5.74, 6) is 0.473. The molecule has 3 aromatic rings. The van der Waals surface area contributed by atoms with Gasteiger partial charge in [-0.05, 0) is 48.0 Å². The van der Waals surface area contributed by atoms with Gasteiger partial charge in [0, 0.05) is 12.3 Å². The second-order valence-corrected chi connectivity index (χ2v) is 5.77. The van der Waals surface area contributed by atoms with Crippen LogP contribution in [-0.2, 0) is 4.79 Å². The molecule has 1 N–H and O–H groups in total. The highest BCUT2D eigenvalue weighted by Crippen LogP contribution is 2.24. The number of nitrogens with zero attached hydrogens (tertiary/aromatic N) is 1. The van der Waals surface area contributed by atoms with E-state index in [0.717, 1.165) is 5.75 Å². The summed E-state index contributed by atoms with van der Waals surface area (Å²) in [6.45, 7) is 0.725. The van der Waals surface area contributed by atoms with Crippen molar-refractivity contribution in [3.05, 3.63) is 90.5 Å². The smallest absolute Gasteiger partial charge is 0.244 e. The first-order valence-corrected chi connectivity index (χ1v) is 8.72. The summed E-state index contributed by atoms with van der Waals surface area (Å²) >= 11 is 0. The van der Waals surface area contributed by atoms with Crippen molar-refractivity contribution in [2.75, 3.05) is 13.2 Å². The highest BCUT2D eigenvalue weighted by molar-refractivity contribution is 5.91. The van der Waals surface area contributed by atoms with Gasteiger partial charge in [0.05, 0.1) is 12.7 Å². The molecule has 2 aromatic carbocycles. The van der Waals surface area contributed by atoms with Crippen LogP contribution in [0.2, 0.25) is 0 Å². The number of aromatic nitrogens is 1. The monoisotopic (exact) mass is 378 g/mol. The molecule has 0 fully saturated rings. The van der Waals surface area contributed by atoms with Crippen LogP contribution in [0, 0.1) is 5.82 Å². The van der Waals surface area contributed by atoms with Crippen LogP contribution < -0.4 is 14.8 Å². The second-order valence-electron chi connectivity index (χ2n) is 5.77. The van der Waals surface area contributed by atoms with Gasteiger partial charge in [0.2, 0.25) is 5.91 Å². The lowest BCUT2D eigenvalue weighted by molar-refractivity contribution is -0.116. The third-order valence-corrected chi connectivity index (χ3v) is 3.66. The number of para-hydroxylation sites is 1. The zero-order valence-electron chi connectivity index (χ0n) is 15.0. The summed E-state index contributed by atoms with van der Waals surface area (Å²) in [6.07, 6.45) is 5.98. The Kier molecular flexibility index (Phi) is 6.73. The fourth-order valence-electron chi connectivity index (χ4n) is 2.33. The van der Waals surface area contributed by atoms with Crippen LogP contribution in [0.25, 0.3) is 6.08 Å². The molecule has 0 aliphatic carbocycles. The average molecular weight is 378 g/mol. The Hall–Kier alpha value is -3.67. The molecule has 1 amide bonds. The Bertz CT molecular complexity index is 931. The second kappa shape index (κ2) is 9.87. The number of rotatable bonds is 8. The van der Waals surface area contributed by atoms with Gasteiger partial charge in [0.1, 0.15) is 18.1 Å². The van der Waals surface area contributed by atoms with E-state index in [0.29, 0.717) is 24.5 Å². The fourth-order valence-corrected chi connectivity index (χ4v) is 2.33. The van der Waals surface area contributed by atoms with Crippen LogP contribution in [0.15, 0.2) is 79.1 Å². The normalized spacial score (nSPS) is 10.6. The number of pyridine rings is 1. The largest absolute Gasteiger partial charge is 0.492 e. The van der Waals surface area contributed by atoms with Crippen molar-refractivity contribution >= 4 is 12.0 Å². The summed E-state index contributed by atoms with van der Waals surface area (Å²) in [4.78, 5) is 15.8. The molecule has 1 aromatic heterocycles. The van der Waals surface area contributed by atoms with E-state index in [2.05, 4.69) is 10.3 Å². The maximum absolute atomic E-state index is 14.2. The zero-order valence-corrected chi connectivity index (χ0v) is 15.0. The summed E-state index contributed by atoms with van der Waals surface area (Å²) in [5.41, 5.74) is 0.548. The first kappa shape index (κ1) is 19.1. The predicted octanol–water partition coefficient (Wildman–Crippen LogP) is 4.22. The van der Waals surface area contributed by atoms with Crippen molar-refractivity contribution in [1.29, 1.82) is 0 Å². The Morgan fingerprint density at radius 2 is 1.89 bits per heavy atom. The van der Waals surface area contributed by atoms with Crippen molar-refractivity contribution in [3.63, 3.8) is 0 Å². The van der Waals surface area contributed by atoms with Crippen LogP contribution in [0.3, 0.4) is 0 Å². The van der Waals surface area contributed by atoms with Crippen molar-refractivity contribution in [3.8, 4) is 17.2 Å². The van der Waals surface area contributed by atoms with Gasteiger partial charge in [-0.25, -0.2) is 4.39 Å². The standard InChI is InChI=1S/C22H19FN2O3/c23-20-15-17(8-10-21(20)28-19-7-4-12-24-16-19)9-11-22(26)25-13-14-27-18-5-2-1-3-6-18/h1-12,15-16H,13-14H2,(H,25,26)/b11-9+. The van der Waals surface area contributed by atoms with Gasteiger partial charge in [-0.2, -0.15) is 0 Å². The van der Waals surface area contributed by atoms with E-state index >= 15 is 0 Å². The molecule has 1 heterocycles. The van der Waals surface area contributed by atoms with E-state index < -0.39 is 5.82 Å². The molecule has 0 atom stereocenters. The minimum absolute atomic E-state index is 0.0904. The lowest BCUT2D eigenvalue weighted by Crippen LogP contribution is -2.26. The first-order valence-electron chi connectivity index (χ1n) is 8.72. The number of carbonyl (C=O) groups is 1. The van der Waals surface area contributed by atoms with E-state index in [1.807, 2.05) is 30.3 Å². The van der Waals surface area contributed by atoms with Crippen molar-refractivity contribution in [2.24, 2.45) is 0 Å². The van der Waals surface area contributed by atoms with Gasteiger partial charge in [-0.3, -0.25) is 9.78 Å². The maximum Gasteiger partial charge on any atom is 0.244 e. The van der Waals surface area contributed by atoms with E-state index in [9.17, 15) is 9.18 Å². The lowest BCUT2D eigenvalue weighted by Gasteiger charge is -2.07. The number of halogens is 1. The Morgan fingerprint density at radius 1 is 1.07 bits per heavy atom. The van der Waals surface area contributed by atoms with Gasteiger partial charge in [-0.1, -0.05) is 24.3 Å². The average Bonchev–Trinajstić information content (AvgIpc) is 2.73. The van der Waals surface area contributed by atoms with Crippen LogP contribution in [-0.4, -0.2) is 24.0 Å². The van der Waals surface area contributed by atoms with Crippen molar-refractivity contribution in [1.82, 2.24) is 10.3 Å². The SMILES string of the molecule is O=C(/C=C/c1ccc(Oc2cccnc2)c(F)c1)NCCOc1ccccc1. The minimum Gasteiger partial charge on any atom is -0.492 e. The van der Waals surface area contributed by atoms with Crippen molar-refractivity contribution in [2.45, 2.75) is 0 Å². The Labute approximate surface area is 162 Å². The number of hydrogen-bond donors (Lipinski definition) is 1. The first-order chi connectivity index (χ1) is 13.7. The van der Waals surface area contributed by atoms with Crippen LogP contribution >= 0.6 is 0 Å². The van der Waals surface area contributed by atoms with Gasteiger partial charge in [-0.15, -0.1) is 0 Å². The fraction of sp³-hybridized carbons (Fsp3) is 0.0909. The number of benzene rings is 2. The van der Waals surface area contributed by atoms with Crippen LogP contribution in [0.1, 0.15) is 5.56 Å². The Balaban J connectivity index is 1.46. The summed E-state index contributed by atoms with van der Waals surface area (Å²) in [7, 11) is 0. The molecule has 0 aliphatic heterocycles. The van der Waals surface area contributed by atoms with Crippen molar-refractivity contribution < 1.29 is 18.7 Å². The number of nitrogens with one attached hydrogen (secondary N) is 1. The molecule has 0 bridgehead atoms. The van der Waals surface area contributed by atoms with E-state index in [4.69, 9.17) is 9.47 Å². The predicted molar refractivity (Wildman–Crippen MR) is 105 cm³/mol. The number of ether oxygens (including phenoxy) is 2. The zero-order chi connectivity index (χ0) is 19.6. The molecule has 0 unspecified atom stereocenters. The van der Waals surface area contributed by atoms with E-state index in [-0.39, 0.29) is 11.7 Å². The molecule has 0 saturated carbocycles. The maximum atomic E-state index is 14.2. The lowest BCUT2D eigenvalue weighted by atomic mass is 10.2. The molecule has 0 radical (unpaired) electrons. The summed E-state index contributed by atoms with van der Waals surface area (Å²) < 4.78 is 25.1.